The molecule has 4 heteroatoms. The number of carbonyl (C=O) groups is 2. The zero-order chi connectivity index (χ0) is 21.2. The molecule has 0 bridgehead atoms. The van der Waals surface area contributed by atoms with Gasteiger partial charge in [-0.3, -0.25) is 9.59 Å². The number of amides is 2. The predicted octanol–water partition coefficient (Wildman–Crippen LogP) is 3.85. The third-order valence-corrected chi connectivity index (χ3v) is 4.86. The minimum absolute atomic E-state index is 0.206. The highest BCUT2D eigenvalue weighted by atomic mass is 16.2. The van der Waals surface area contributed by atoms with Crippen molar-refractivity contribution in [1.29, 1.82) is 0 Å². The van der Waals surface area contributed by atoms with Gasteiger partial charge in [0.05, 0.1) is 5.92 Å². The van der Waals surface area contributed by atoms with E-state index in [0.717, 1.165) is 16.7 Å². The van der Waals surface area contributed by atoms with Crippen molar-refractivity contribution in [2.45, 2.75) is 18.4 Å². The van der Waals surface area contributed by atoms with Crippen LogP contribution in [0.2, 0.25) is 0 Å². The quantitative estimate of drug-likeness (QED) is 0.538. The molecule has 0 fully saturated rings. The van der Waals surface area contributed by atoms with Crippen LogP contribution in [-0.2, 0) is 16.0 Å². The van der Waals surface area contributed by atoms with Crippen molar-refractivity contribution >= 4 is 11.8 Å². The number of hydrogen-bond donors (Lipinski definition) is 2. The molecule has 0 aliphatic rings. The molecule has 1 atom stereocenters. The van der Waals surface area contributed by atoms with Crippen LogP contribution in [0.25, 0.3) is 0 Å². The zero-order valence-corrected chi connectivity index (χ0v) is 16.8. The molecule has 0 radical (unpaired) electrons. The molecule has 0 aliphatic carbocycles. The lowest BCUT2D eigenvalue weighted by atomic mass is 9.90. The average Bonchev–Trinajstić information content (AvgIpc) is 2.79. The summed E-state index contributed by atoms with van der Waals surface area (Å²) in [6.45, 7) is 3.99. The van der Waals surface area contributed by atoms with E-state index in [-0.39, 0.29) is 11.8 Å². The number of carbonyl (C=O) groups excluding carboxylic acids is 2. The lowest BCUT2D eigenvalue weighted by molar-refractivity contribution is -0.129. The van der Waals surface area contributed by atoms with E-state index in [9.17, 15) is 9.59 Å². The number of rotatable bonds is 9. The van der Waals surface area contributed by atoms with Gasteiger partial charge in [0.2, 0.25) is 11.8 Å². The van der Waals surface area contributed by atoms with Gasteiger partial charge in [-0.15, -0.1) is 6.58 Å². The van der Waals surface area contributed by atoms with Gasteiger partial charge in [-0.25, -0.2) is 0 Å². The molecule has 30 heavy (non-hydrogen) atoms. The summed E-state index contributed by atoms with van der Waals surface area (Å²) in [7, 11) is 0. The van der Waals surface area contributed by atoms with Crippen molar-refractivity contribution in [2.24, 2.45) is 0 Å². The second-order valence-electron chi connectivity index (χ2n) is 7.04. The molecule has 0 saturated heterocycles. The maximum absolute atomic E-state index is 13.4. The molecule has 0 saturated carbocycles. The molecule has 2 amide bonds. The molecule has 3 aromatic carbocycles. The van der Waals surface area contributed by atoms with E-state index in [1.165, 1.54) is 0 Å². The Morgan fingerprint density at radius 2 is 1.27 bits per heavy atom. The molecule has 3 rings (SSSR count). The minimum atomic E-state index is -0.685. The highest BCUT2D eigenvalue weighted by Crippen LogP contribution is 2.25. The Kier molecular flexibility index (Phi) is 7.56. The third-order valence-electron chi connectivity index (χ3n) is 4.86. The van der Waals surface area contributed by atoms with Crippen molar-refractivity contribution in [3.63, 3.8) is 0 Å². The first-order valence-electron chi connectivity index (χ1n) is 10.0. The number of benzene rings is 3. The van der Waals surface area contributed by atoms with E-state index >= 15 is 0 Å². The number of hydrogen-bond acceptors (Lipinski definition) is 2. The van der Waals surface area contributed by atoms with Crippen LogP contribution >= 0.6 is 0 Å². The van der Waals surface area contributed by atoms with Crippen LogP contribution in [-0.4, -0.2) is 24.4 Å². The summed E-state index contributed by atoms with van der Waals surface area (Å²) in [5.41, 5.74) is 2.74. The first kappa shape index (κ1) is 21.1. The van der Waals surface area contributed by atoms with E-state index < -0.39 is 12.0 Å². The SMILES string of the molecule is C=CCNC(=O)[C@@H](Cc1ccccc1)NC(=O)C(c1ccccc1)c1ccccc1. The van der Waals surface area contributed by atoms with Crippen molar-refractivity contribution in [3.8, 4) is 0 Å². The van der Waals surface area contributed by atoms with Crippen LogP contribution in [0.3, 0.4) is 0 Å². The van der Waals surface area contributed by atoms with Gasteiger partial charge in [0.15, 0.2) is 0 Å². The lowest BCUT2D eigenvalue weighted by Crippen LogP contribution is -2.49. The summed E-state index contributed by atoms with van der Waals surface area (Å²) >= 11 is 0. The normalized spacial score (nSPS) is 11.5. The minimum Gasteiger partial charge on any atom is -0.351 e. The fourth-order valence-corrected chi connectivity index (χ4v) is 3.40. The molecule has 0 unspecified atom stereocenters. The van der Waals surface area contributed by atoms with Gasteiger partial charge in [0.25, 0.3) is 0 Å². The zero-order valence-electron chi connectivity index (χ0n) is 16.8. The Balaban J connectivity index is 1.87. The van der Waals surface area contributed by atoms with Crippen LogP contribution in [0.4, 0.5) is 0 Å². The lowest BCUT2D eigenvalue weighted by Gasteiger charge is -2.23. The summed E-state index contributed by atoms with van der Waals surface area (Å²) in [6, 6.07) is 28.2. The number of nitrogens with one attached hydrogen (secondary N) is 2. The van der Waals surface area contributed by atoms with Gasteiger partial charge in [0.1, 0.15) is 6.04 Å². The molecule has 4 nitrogen and oxygen atoms in total. The first-order chi connectivity index (χ1) is 14.7. The summed E-state index contributed by atoms with van der Waals surface area (Å²) in [5.74, 6) is -0.938. The monoisotopic (exact) mass is 398 g/mol. The summed E-state index contributed by atoms with van der Waals surface area (Å²) in [6.07, 6.45) is 2.03. The van der Waals surface area contributed by atoms with Gasteiger partial charge in [-0.05, 0) is 16.7 Å². The molecule has 0 aromatic heterocycles. The van der Waals surface area contributed by atoms with Crippen molar-refractivity contribution in [1.82, 2.24) is 10.6 Å². The average molecular weight is 399 g/mol. The highest BCUT2D eigenvalue weighted by molar-refractivity contribution is 5.92. The maximum Gasteiger partial charge on any atom is 0.243 e. The Morgan fingerprint density at radius 1 is 0.767 bits per heavy atom. The second-order valence-corrected chi connectivity index (χ2v) is 7.04. The Labute approximate surface area is 177 Å². The van der Waals surface area contributed by atoms with Crippen molar-refractivity contribution in [2.75, 3.05) is 6.54 Å². The van der Waals surface area contributed by atoms with Gasteiger partial charge in [0, 0.05) is 13.0 Å². The summed E-state index contributed by atoms with van der Waals surface area (Å²) in [5, 5.41) is 5.79. The molecule has 0 aliphatic heterocycles. The molecule has 2 N–H and O–H groups in total. The molecule has 3 aromatic rings. The Bertz CT molecular complexity index is 917. The topological polar surface area (TPSA) is 58.2 Å². The molecular formula is C26H26N2O2. The maximum atomic E-state index is 13.4. The van der Waals surface area contributed by atoms with E-state index in [0.29, 0.717) is 13.0 Å². The third kappa shape index (κ3) is 5.67. The van der Waals surface area contributed by atoms with E-state index in [1.54, 1.807) is 6.08 Å². The van der Waals surface area contributed by atoms with Gasteiger partial charge >= 0.3 is 0 Å². The molecule has 0 heterocycles. The van der Waals surface area contributed by atoms with Gasteiger partial charge in [-0.1, -0.05) is 97.1 Å². The fraction of sp³-hybridized carbons (Fsp3) is 0.154. The largest absolute Gasteiger partial charge is 0.351 e. The Hall–Kier alpha value is -3.66. The van der Waals surface area contributed by atoms with E-state index in [2.05, 4.69) is 17.2 Å². The van der Waals surface area contributed by atoms with Gasteiger partial charge in [-0.2, -0.15) is 0 Å². The van der Waals surface area contributed by atoms with Crippen molar-refractivity contribution in [3.05, 3.63) is 120 Å². The summed E-state index contributed by atoms with van der Waals surface area (Å²) < 4.78 is 0. The van der Waals surface area contributed by atoms with Crippen LogP contribution in [0, 0.1) is 0 Å². The molecule has 152 valence electrons. The van der Waals surface area contributed by atoms with Crippen LogP contribution < -0.4 is 10.6 Å². The highest BCUT2D eigenvalue weighted by Gasteiger charge is 2.27. The fourth-order valence-electron chi connectivity index (χ4n) is 3.40. The van der Waals surface area contributed by atoms with Crippen LogP contribution in [0.1, 0.15) is 22.6 Å². The van der Waals surface area contributed by atoms with Crippen molar-refractivity contribution < 1.29 is 9.59 Å². The standard InChI is InChI=1S/C26H26N2O2/c1-2-18-27-25(29)23(19-20-12-6-3-7-13-20)28-26(30)24(21-14-8-4-9-15-21)22-16-10-5-11-17-22/h2-17,23-24H,1,18-19H2,(H,27,29)(H,28,30)/t23-/m1/s1. The second kappa shape index (κ2) is 10.8. The predicted molar refractivity (Wildman–Crippen MR) is 120 cm³/mol. The smallest absolute Gasteiger partial charge is 0.243 e. The van der Waals surface area contributed by atoms with Crippen LogP contribution in [0.5, 0.6) is 0 Å². The Morgan fingerprint density at radius 3 is 1.77 bits per heavy atom. The van der Waals surface area contributed by atoms with E-state index in [1.807, 2.05) is 91.0 Å². The van der Waals surface area contributed by atoms with Crippen LogP contribution in [0.15, 0.2) is 104 Å². The van der Waals surface area contributed by atoms with Gasteiger partial charge < -0.3 is 10.6 Å². The molecular weight excluding hydrogens is 372 g/mol. The first-order valence-corrected chi connectivity index (χ1v) is 10.0. The van der Waals surface area contributed by atoms with E-state index in [4.69, 9.17) is 0 Å². The summed E-state index contributed by atoms with van der Waals surface area (Å²) in [4.78, 5) is 26.2. The molecule has 0 spiro atoms.